The maximum atomic E-state index is 14.0. The minimum Gasteiger partial charge on any atom is -0.480 e. The fraction of sp³-hybridized carbons (Fsp3) is 0.227. The van der Waals surface area contributed by atoms with Gasteiger partial charge in [0.2, 0.25) is 0 Å². The second kappa shape index (κ2) is 9.23. The molecule has 180 valence electrons. The molecule has 0 radical (unpaired) electrons. The lowest BCUT2D eigenvalue weighted by Gasteiger charge is -2.25. The molecule has 10 nitrogen and oxygen atoms in total. The van der Waals surface area contributed by atoms with Gasteiger partial charge in [-0.3, -0.25) is 0 Å². The molecule has 0 spiro atoms. The molecule has 3 aromatic rings. The summed E-state index contributed by atoms with van der Waals surface area (Å²) < 4.78 is 39.3. The normalized spacial score (nSPS) is 13.3. The fourth-order valence-electron chi connectivity index (χ4n) is 3.73. The van der Waals surface area contributed by atoms with Crippen molar-refractivity contribution >= 4 is 15.8 Å². The first-order valence-electron chi connectivity index (χ1n) is 9.93. The SMILES string of the molecule is Cc1c([C@](N)(CCO[N+](=O)[O-])C(=O)O)cc(-c2ccc(S(C)(=O)=O)cc2)n1-c1cccc(F)c1. The van der Waals surface area contributed by atoms with Gasteiger partial charge >= 0.3 is 5.97 Å². The third kappa shape index (κ3) is 4.92. The van der Waals surface area contributed by atoms with Crippen molar-refractivity contribution in [2.24, 2.45) is 5.73 Å². The van der Waals surface area contributed by atoms with Gasteiger partial charge in [0, 0.05) is 29.6 Å². The first-order valence-corrected chi connectivity index (χ1v) is 11.8. The van der Waals surface area contributed by atoms with E-state index in [1.165, 1.54) is 36.4 Å². The number of nitrogens with zero attached hydrogens (tertiary/aromatic N) is 2. The predicted octanol–water partition coefficient (Wildman–Crippen LogP) is 2.83. The van der Waals surface area contributed by atoms with Crippen molar-refractivity contribution in [2.45, 2.75) is 23.8 Å². The number of carboxylic acid groups (broad SMARTS) is 1. The van der Waals surface area contributed by atoms with E-state index in [0.717, 1.165) is 6.26 Å². The number of hydrogen-bond acceptors (Lipinski definition) is 7. The number of hydrogen-bond donors (Lipinski definition) is 2. The highest BCUT2D eigenvalue weighted by molar-refractivity contribution is 7.90. The summed E-state index contributed by atoms with van der Waals surface area (Å²) in [6.07, 6.45) is 0.659. The van der Waals surface area contributed by atoms with Crippen LogP contribution in [-0.4, -0.2) is 42.0 Å². The molecule has 3 rings (SSSR count). The molecule has 0 bridgehead atoms. The van der Waals surface area contributed by atoms with Gasteiger partial charge in [-0.2, -0.15) is 0 Å². The third-order valence-electron chi connectivity index (χ3n) is 5.45. The number of benzene rings is 2. The van der Waals surface area contributed by atoms with E-state index in [1.54, 1.807) is 29.7 Å². The minimum atomic E-state index is -3.45. The van der Waals surface area contributed by atoms with Crippen molar-refractivity contribution in [1.82, 2.24) is 4.57 Å². The van der Waals surface area contributed by atoms with E-state index in [1.807, 2.05) is 0 Å². The highest BCUT2D eigenvalue weighted by atomic mass is 32.2. The molecule has 0 aliphatic carbocycles. The zero-order valence-corrected chi connectivity index (χ0v) is 19.1. The summed E-state index contributed by atoms with van der Waals surface area (Å²) in [6, 6.07) is 13.0. The van der Waals surface area contributed by atoms with Gasteiger partial charge in [0.15, 0.2) is 9.84 Å². The molecule has 1 aromatic heterocycles. The van der Waals surface area contributed by atoms with Crippen molar-refractivity contribution in [3.05, 3.63) is 81.8 Å². The number of sulfone groups is 1. The number of aliphatic carboxylic acids is 1. The van der Waals surface area contributed by atoms with Crippen LogP contribution in [-0.2, 0) is 25.0 Å². The van der Waals surface area contributed by atoms with E-state index < -0.39 is 45.3 Å². The molecule has 0 saturated heterocycles. The summed E-state index contributed by atoms with van der Waals surface area (Å²) in [4.78, 5) is 27.1. The molecule has 0 fully saturated rings. The van der Waals surface area contributed by atoms with Crippen molar-refractivity contribution in [1.29, 1.82) is 0 Å². The Morgan fingerprint density at radius 3 is 2.41 bits per heavy atom. The molecule has 0 aliphatic rings. The molecule has 0 saturated carbocycles. The van der Waals surface area contributed by atoms with Crippen molar-refractivity contribution in [3.8, 4) is 16.9 Å². The summed E-state index contributed by atoms with van der Waals surface area (Å²) in [5, 5.41) is 19.4. The quantitative estimate of drug-likeness (QED) is 0.342. The molecule has 34 heavy (non-hydrogen) atoms. The second-order valence-electron chi connectivity index (χ2n) is 7.72. The molecule has 3 N–H and O–H groups in total. The van der Waals surface area contributed by atoms with Gasteiger partial charge in [-0.25, -0.2) is 17.6 Å². The number of carbonyl (C=O) groups is 1. The fourth-order valence-corrected chi connectivity index (χ4v) is 4.36. The third-order valence-corrected chi connectivity index (χ3v) is 6.58. The number of carboxylic acids is 1. The summed E-state index contributed by atoms with van der Waals surface area (Å²) in [7, 11) is -3.45. The number of halogens is 1. The first kappa shape index (κ1) is 24.9. The van der Waals surface area contributed by atoms with Gasteiger partial charge in [0.1, 0.15) is 11.4 Å². The summed E-state index contributed by atoms with van der Waals surface area (Å²) >= 11 is 0. The molecule has 0 amide bonds. The van der Waals surface area contributed by atoms with Crippen LogP contribution in [0.25, 0.3) is 16.9 Å². The lowest BCUT2D eigenvalue weighted by atomic mass is 9.87. The largest absolute Gasteiger partial charge is 0.480 e. The Hall–Kier alpha value is -3.77. The Kier molecular flexibility index (Phi) is 6.75. The van der Waals surface area contributed by atoms with Crippen LogP contribution >= 0.6 is 0 Å². The topological polar surface area (TPSA) is 155 Å². The van der Waals surface area contributed by atoms with E-state index in [4.69, 9.17) is 5.73 Å². The smallest absolute Gasteiger partial charge is 0.328 e. The van der Waals surface area contributed by atoms with E-state index in [2.05, 4.69) is 4.84 Å². The molecule has 1 atom stereocenters. The average Bonchev–Trinajstić information content (AvgIpc) is 3.10. The average molecular weight is 491 g/mol. The molecular formula is C22H22FN3O7S. The van der Waals surface area contributed by atoms with Gasteiger partial charge in [0.05, 0.1) is 17.2 Å². The van der Waals surface area contributed by atoms with Gasteiger partial charge in [-0.15, -0.1) is 10.1 Å². The highest BCUT2D eigenvalue weighted by Gasteiger charge is 2.39. The van der Waals surface area contributed by atoms with Crippen LogP contribution in [0, 0.1) is 22.9 Å². The lowest BCUT2D eigenvalue weighted by Crippen LogP contribution is -2.46. The Bertz CT molecular complexity index is 1350. The first-order chi connectivity index (χ1) is 15.8. The number of aromatic nitrogens is 1. The molecule has 1 heterocycles. The highest BCUT2D eigenvalue weighted by Crippen LogP contribution is 2.36. The summed E-state index contributed by atoms with van der Waals surface area (Å²) in [6.45, 7) is 1.03. The minimum absolute atomic E-state index is 0.0905. The second-order valence-corrected chi connectivity index (χ2v) is 9.74. The van der Waals surface area contributed by atoms with Gasteiger partial charge in [0.25, 0.3) is 5.09 Å². The van der Waals surface area contributed by atoms with Crippen LogP contribution in [0.1, 0.15) is 17.7 Å². The van der Waals surface area contributed by atoms with E-state index in [9.17, 15) is 32.8 Å². The van der Waals surface area contributed by atoms with Crippen LogP contribution in [0.4, 0.5) is 4.39 Å². The van der Waals surface area contributed by atoms with Crippen LogP contribution in [0.2, 0.25) is 0 Å². The monoisotopic (exact) mass is 491 g/mol. The van der Waals surface area contributed by atoms with Crippen LogP contribution in [0.5, 0.6) is 0 Å². The maximum absolute atomic E-state index is 14.0. The molecular weight excluding hydrogens is 469 g/mol. The number of nitrogens with two attached hydrogens (primary N) is 1. The van der Waals surface area contributed by atoms with E-state index >= 15 is 0 Å². The standard InChI is InChI=1S/C22H22FN3O7S/c1-14-19(22(24,21(27)28)10-11-33-26(29)30)13-20(25(14)17-5-3-4-16(23)12-17)15-6-8-18(9-7-15)34(2,31)32/h3-9,12-13H,10-11,24H2,1-2H3,(H,27,28)/t22-/m1/s1. The zero-order valence-electron chi connectivity index (χ0n) is 18.3. The van der Waals surface area contributed by atoms with Gasteiger partial charge < -0.3 is 20.2 Å². The van der Waals surface area contributed by atoms with Crippen molar-refractivity contribution in [2.75, 3.05) is 12.9 Å². The lowest BCUT2D eigenvalue weighted by molar-refractivity contribution is -0.758. The summed E-state index contributed by atoms with van der Waals surface area (Å²) in [5.74, 6) is -1.96. The Morgan fingerprint density at radius 2 is 1.88 bits per heavy atom. The van der Waals surface area contributed by atoms with Crippen LogP contribution < -0.4 is 5.73 Å². The Morgan fingerprint density at radius 1 is 1.24 bits per heavy atom. The number of rotatable bonds is 9. The Balaban J connectivity index is 2.23. The van der Waals surface area contributed by atoms with Crippen molar-refractivity contribution < 1.29 is 32.6 Å². The van der Waals surface area contributed by atoms with E-state index in [-0.39, 0.29) is 10.5 Å². The van der Waals surface area contributed by atoms with Gasteiger partial charge in [-0.05, 0) is 48.9 Å². The molecule has 0 aliphatic heterocycles. The summed E-state index contributed by atoms with van der Waals surface area (Å²) in [5.41, 5.74) is 5.98. The van der Waals surface area contributed by atoms with Crippen LogP contribution in [0.3, 0.4) is 0 Å². The van der Waals surface area contributed by atoms with Crippen molar-refractivity contribution in [3.63, 3.8) is 0 Å². The molecule has 12 heteroatoms. The molecule has 0 unspecified atom stereocenters. The maximum Gasteiger partial charge on any atom is 0.328 e. The van der Waals surface area contributed by atoms with Crippen LogP contribution in [0.15, 0.2) is 59.5 Å². The predicted molar refractivity (Wildman–Crippen MR) is 120 cm³/mol. The van der Waals surface area contributed by atoms with E-state index in [0.29, 0.717) is 22.6 Å². The molecule has 2 aromatic carbocycles. The van der Waals surface area contributed by atoms with Gasteiger partial charge in [-0.1, -0.05) is 18.2 Å². The zero-order chi connectivity index (χ0) is 25.3. The Labute approximate surface area is 194 Å².